The summed E-state index contributed by atoms with van der Waals surface area (Å²) in [6.07, 6.45) is 0.316. The monoisotopic (exact) mass is 356 g/mol. The number of carbonyl (C=O) groups is 1. The van der Waals surface area contributed by atoms with Gasteiger partial charge in [-0.2, -0.15) is 0 Å². The summed E-state index contributed by atoms with van der Waals surface area (Å²) < 4.78 is 14.8. The lowest BCUT2D eigenvalue weighted by Crippen LogP contribution is -2.38. The topological polar surface area (TPSA) is 84.7 Å². The molecule has 0 radical (unpaired) electrons. The second kappa shape index (κ2) is 9.94. The van der Waals surface area contributed by atoms with Crippen LogP contribution in [0.15, 0.2) is 24.3 Å². The first-order valence-corrected chi connectivity index (χ1v) is 7.59. The number of halogens is 2. The summed E-state index contributed by atoms with van der Waals surface area (Å²) in [5, 5.41) is 17.3. The first kappa shape index (κ1) is 20.0. The molecule has 0 aliphatic carbocycles. The Morgan fingerprint density at radius 2 is 2.17 bits per heavy atom. The zero-order valence-electron chi connectivity index (χ0n) is 13.7. The fraction of sp³-hybridized carbons (Fsp3) is 0.467. The maximum Gasteiger partial charge on any atom is 0.245 e. The summed E-state index contributed by atoms with van der Waals surface area (Å²) in [6.45, 7) is 5.76. The van der Waals surface area contributed by atoms with Gasteiger partial charge in [-0.15, -0.1) is 17.5 Å². The lowest BCUT2D eigenvalue weighted by atomic mass is 10.1. The molecule has 2 rings (SSSR count). The molecular weight excluding hydrogens is 335 g/mol. The molecule has 1 unspecified atom stereocenters. The minimum Gasteiger partial charge on any atom is -0.353 e. The molecule has 1 heterocycles. The van der Waals surface area contributed by atoms with E-state index in [9.17, 15) is 9.18 Å². The Morgan fingerprint density at radius 3 is 2.79 bits per heavy atom. The molecule has 0 fully saturated rings. The first-order valence-electron chi connectivity index (χ1n) is 7.59. The summed E-state index contributed by atoms with van der Waals surface area (Å²) >= 11 is 0. The van der Waals surface area contributed by atoms with E-state index in [-0.39, 0.29) is 24.1 Å². The first-order chi connectivity index (χ1) is 11.1. The summed E-state index contributed by atoms with van der Waals surface area (Å²) in [4.78, 5) is 12.5. The maximum absolute atomic E-state index is 13.4. The Labute approximate surface area is 146 Å². The Balaban J connectivity index is 0.00000288. The zero-order valence-corrected chi connectivity index (χ0v) is 14.5. The van der Waals surface area contributed by atoms with Crippen LogP contribution in [0.3, 0.4) is 0 Å². The zero-order chi connectivity index (χ0) is 16.7. The van der Waals surface area contributed by atoms with Crippen LogP contribution in [0.4, 0.5) is 4.39 Å². The van der Waals surface area contributed by atoms with Crippen molar-refractivity contribution in [3.63, 3.8) is 0 Å². The largest absolute Gasteiger partial charge is 0.353 e. The number of aromatic nitrogens is 4. The number of tetrazole rings is 1. The van der Waals surface area contributed by atoms with Gasteiger partial charge in [-0.05, 0) is 41.6 Å². The minimum atomic E-state index is -0.617. The second-order valence-corrected chi connectivity index (χ2v) is 5.17. The van der Waals surface area contributed by atoms with Crippen LogP contribution in [0.1, 0.15) is 24.4 Å². The fourth-order valence-corrected chi connectivity index (χ4v) is 2.27. The van der Waals surface area contributed by atoms with E-state index in [0.29, 0.717) is 30.9 Å². The molecule has 2 N–H and O–H groups in total. The molecule has 1 aromatic heterocycles. The number of nitrogens with zero attached hydrogens (tertiary/aromatic N) is 4. The minimum absolute atomic E-state index is 0. The smallest absolute Gasteiger partial charge is 0.245 e. The maximum atomic E-state index is 13.4. The number of aryl methyl sites for hydroxylation is 1. The molecule has 0 spiro atoms. The molecular formula is C15H22ClFN6O. The van der Waals surface area contributed by atoms with Gasteiger partial charge in [0.15, 0.2) is 0 Å². The highest BCUT2D eigenvalue weighted by Gasteiger charge is 2.24. The lowest BCUT2D eigenvalue weighted by molar-refractivity contribution is -0.124. The van der Waals surface area contributed by atoms with Crippen LogP contribution in [0.2, 0.25) is 0 Å². The molecule has 132 valence electrons. The van der Waals surface area contributed by atoms with Crippen molar-refractivity contribution in [2.45, 2.75) is 26.3 Å². The van der Waals surface area contributed by atoms with E-state index in [0.717, 1.165) is 6.54 Å². The molecule has 0 aliphatic heterocycles. The van der Waals surface area contributed by atoms with E-state index < -0.39 is 6.04 Å². The molecule has 24 heavy (non-hydrogen) atoms. The summed E-state index contributed by atoms with van der Waals surface area (Å²) in [5.74, 6) is 0.0121. The van der Waals surface area contributed by atoms with Crippen molar-refractivity contribution in [2.24, 2.45) is 0 Å². The Kier molecular flexibility index (Phi) is 8.28. The third-order valence-electron chi connectivity index (χ3n) is 3.42. The molecule has 1 amide bonds. The van der Waals surface area contributed by atoms with Crippen molar-refractivity contribution in [3.05, 3.63) is 41.5 Å². The number of carbonyl (C=O) groups excluding carboxylic acids is 1. The van der Waals surface area contributed by atoms with Crippen molar-refractivity contribution < 1.29 is 9.18 Å². The van der Waals surface area contributed by atoms with E-state index in [1.54, 1.807) is 19.1 Å². The number of rotatable bonds is 8. The van der Waals surface area contributed by atoms with Crippen LogP contribution >= 0.6 is 12.4 Å². The highest BCUT2D eigenvalue weighted by atomic mass is 35.5. The predicted molar refractivity (Wildman–Crippen MR) is 90.5 cm³/mol. The summed E-state index contributed by atoms with van der Waals surface area (Å²) in [7, 11) is 0. The van der Waals surface area contributed by atoms with Gasteiger partial charge < -0.3 is 10.6 Å². The number of hydrogen-bond donors (Lipinski definition) is 2. The second-order valence-electron chi connectivity index (χ2n) is 5.17. The highest BCUT2D eigenvalue weighted by Crippen LogP contribution is 2.15. The summed E-state index contributed by atoms with van der Waals surface area (Å²) in [6, 6.07) is 5.57. The van der Waals surface area contributed by atoms with E-state index >= 15 is 0 Å². The average Bonchev–Trinajstić information content (AvgIpc) is 2.95. The van der Waals surface area contributed by atoms with E-state index in [1.807, 2.05) is 6.92 Å². The molecule has 0 aliphatic rings. The summed E-state index contributed by atoms with van der Waals surface area (Å²) in [5.41, 5.74) is 0.715. The van der Waals surface area contributed by atoms with Crippen LogP contribution < -0.4 is 10.6 Å². The predicted octanol–water partition coefficient (Wildman–Crippen LogP) is 1.05. The van der Waals surface area contributed by atoms with Crippen molar-refractivity contribution in [1.29, 1.82) is 0 Å². The number of benzene rings is 1. The average molecular weight is 357 g/mol. The van der Waals surface area contributed by atoms with Gasteiger partial charge in [0.25, 0.3) is 0 Å². The van der Waals surface area contributed by atoms with Crippen LogP contribution in [0, 0.1) is 12.7 Å². The molecule has 9 heteroatoms. The molecule has 1 atom stereocenters. The molecule has 0 bridgehead atoms. The van der Waals surface area contributed by atoms with Crippen LogP contribution in [0.25, 0.3) is 0 Å². The van der Waals surface area contributed by atoms with Gasteiger partial charge in [0.2, 0.25) is 5.91 Å². The highest BCUT2D eigenvalue weighted by molar-refractivity contribution is 5.85. The number of likely N-dealkylation sites (N-methyl/N-ethyl adjacent to an activating group) is 1. The van der Waals surface area contributed by atoms with E-state index in [2.05, 4.69) is 26.2 Å². The fourth-order valence-electron chi connectivity index (χ4n) is 2.27. The van der Waals surface area contributed by atoms with Crippen molar-refractivity contribution >= 4 is 18.3 Å². The van der Waals surface area contributed by atoms with Crippen LogP contribution in [0.5, 0.6) is 0 Å². The molecule has 0 saturated heterocycles. The van der Waals surface area contributed by atoms with Gasteiger partial charge in [0.05, 0.1) is 0 Å². The number of nitrogens with one attached hydrogen (secondary N) is 2. The van der Waals surface area contributed by atoms with Gasteiger partial charge in [0, 0.05) is 19.5 Å². The normalized spacial score (nSPS) is 11.6. The van der Waals surface area contributed by atoms with Gasteiger partial charge in [-0.1, -0.05) is 19.1 Å². The SMILES string of the molecule is CCNCCNC(=O)C(Cc1cccc(F)c1)n1nnnc1C.Cl. The Hall–Kier alpha value is -2.06. The number of amides is 1. The van der Waals surface area contributed by atoms with E-state index in [4.69, 9.17) is 0 Å². The van der Waals surface area contributed by atoms with Gasteiger partial charge >= 0.3 is 0 Å². The standard InChI is InChI=1S/C15H21FN6O.ClH/c1-3-17-7-8-18-15(23)14(22-11(2)19-20-21-22)10-12-5-4-6-13(16)9-12;/h4-6,9,14,17H,3,7-8,10H2,1-2H3,(H,18,23);1H. The van der Waals surface area contributed by atoms with Gasteiger partial charge in [-0.3, -0.25) is 4.79 Å². The quantitative estimate of drug-likeness (QED) is 0.691. The Morgan fingerprint density at radius 1 is 1.38 bits per heavy atom. The van der Waals surface area contributed by atoms with Crippen LogP contribution in [-0.4, -0.2) is 45.7 Å². The third kappa shape index (κ3) is 5.54. The molecule has 2 aromatic rings. The van der Waals surface area contributed by atoms with Gasteiger partial charge in [0.1, 0.15) is 17.7 Å². The number of hydrogen-bond acceptors (Lipinski definition) is 5. The van der Waals surface area contributed by atoms with E-state index in [1.165, 1.54) is 16.8 Å². The Bertz CT molecular complexity index is 650. The van der Waals surface area contributed by atoms with Gasteiger partial charge in [-0.25, -0.2) is 9.07 Å². The van der Waals surface area contributed by atoms with Crippen LogP contribution in [-0.2, 0) is 11.2 Å². The van der Waals surface area contributed by atoms with Crippen molar-refractivity contribution in [2.75, 3.05) is 19.6 Å². The van der Waals surface area contributed by atoms with Crippen molar-refractivity contribution in [3.8, 4) is 0 Å². The molecule has 0 saturated carbocycles. The lowest BCUT2D eigenvalue weighted by Gasteiger charge is -2.17. The molecule has 7 nitrogen and oxygen atoms in total. The third-order valence-corrected chi connectivity index (χ3v) is 3.42. The van der Waals surface area contributed by atoms with Crippen molar-refractivity contribution in [1.82, 2.24) is 30.8 Å². The molecule has 1 aromatic carbocycles.